The summed E-state index contributed by atoms with van der Waals surface area (Å²) in [6, 6.07) is -0.714. The van der Waals surface area contributed by atoms with Gasteiger partial charge in [-0.1, -0.05) is 0 Å². The van der Waals surface area contributed by atoms with E-state index in [1.54, 1.807) is 7.05 Å². The van der Waals surface area contributed by atoms with E-state index in [0.29, 0.717) is 5.82 Å². The van der Waals surface area contributed by atoms with Crippen LogP contribution in [0.5, 0.6) is 0 Å². The topological polar surface area (TPSA) is 55.6 Å². The highest BCUT2D eigenvalue weighted by Crippen LogP contribution is 2.22. The summed E-state index contributed by atoms with van der Waals surface area (Å²) in [6.07, 6.45) is -4.97. The molecule has 5 nitrogen and oxygen atoms in total. The lowest BCUT2D eigenvalue weighted by atomic mass is 10.1. The van der Waals surface area contributed by atoms with Crippen molar-refractivity contribution >= 4 is 0 Å². The zero-order valence-electron chi connectivity index (χ0n) is 8.41. The minimum Gasteiger partial charge on any atom is -0.316 e. The first-order chi connectivity index (χ1) is 6.90. The molecule has 1 unspecified atom stereocenters. The minimum absolute atomic E-state index is 0.115. The summed E-state index contributed by atoms with van der Waals surface area (Å²) >= 11 is 0. The number of hydrogen-bond acceptors (Lipinski definition) is 4. The maximum atomic E-state index is 12.1. The number of nitrogens with one attached hydrogen (secondary N) is 1. The van der Waals surface area contributed by atoms with Crippen LogP contribution in [0, 0.1) is 0 Å². The van der Waals surface area contributed by atoms with Gasteiger partial charge in [-0.05, 0) is 12.3 Å². The number of likely N-dealkylation sites (N-methyl/N-ethyl adjacent to an activating group) is 1. The molecular formula is C7H12F3N5. The normalized spacial score (nSPS) is 14.2. The second kappa shape index (κ2) is 4.56. The van der Waals surface area contributed by atoms with Crippen LogP contribution in [0.2, 0.25) is 0 Å². The Hall–Kier alpha value is -1.18. The van der Waals surface area contributed by atoms with Gasteiger partial charge in [0.1, 0.15) is 0 Å². The first kappa shape index (κ1) is 11.9. The van der Waals surface area contributed by atoms with Gasteiger partial charge in [-0.15, -0.1) is 10.2 Å². The second-order valence-electron chi connectivity index (χ2n) is 3.20. The summed E-state index contributed by atoms with van der Waals surface area (Å²) in [7, 11) is 3.04. The van der Waals surface area contributed by atoms with E-state index < -0.39 is 18.6 Å². The van der Waals surface area contributed by atoms with Crippen molar-refractivity contribution in [1.29, 1.82) is 0 Å². The molecule has 0 aliphatic carbocycles. The van der Waals surface area contributed by atoms with Crippen LogP contribution in [0.3, 0.4) is 0 Å². The van der Waals surface area contributed by atoms with Gasteiger partial charge in [-0.25, -0.2) is 0 Å². The number of hydrogen-bond donors (Lipinski definition) is 1. The van der Waals surface area contributed by atoms with E-state index in [0.717, 1.165) is 0 Å². The molecule has 0 aliphatic heterocycles. The van der Waals surface area contributed by atoms with Gasteiger partial charge in [0.05, 0.1) is 13.5 Å². The highest BCUT2D eigenvalue weighted by molar-refractivity contribution is 4.85. The molecule has 1 N–H and O–H groups in total. The van der Waals surface area contributed by atoms with Gasteiger partial charge in [-0.3, -0.25) is 0 Å². The molecule has 0 aliphatic rings. The molecule has 8 heteroatoms. The van der Waals surface area contributed by atoms with Gasteiger partial charge in [0, 0.05) is 12.5 Å². The smallest absolute Gasteiger partial charge is 0.316 e. The van der Waals surface area contributed by atoms with Crippen LogP contribution >= 0.6 is 0 Å². The van der Waals surface area contributed by atoms with Crippen LogP contribution in [0.15, 0.2) is 0 Å². The van der Waals surface area contributed by atoms with Crippen molar-refractivity contribution in [2.24, 2.45) is 7.05 Å². The zero-order chi connectivity index (χ0) is 11.5. The molecule has 1 heterocycles. The Bertz CT molecular complexity index is 308. The lowest BCUT2D eigenvalue weighted by molar-refractivity contribution is -0.139. The summed E-state index contributed by atoms with van der Waals surface area (Å²) in [4.78, 5) is 1.22. The predicted molar refractivity (Wildman–Crippen MR) is 46.0 cm³/mol. The third-order valence-electron chi connectivity index (χ3n) is 1.86. The van der Waals surface area contributed by atoms with E-state index in [1.165, 1.54) is 11.8 Å². The maximum absolute atomic E-state index is 12.1. The van der Waals surface area contributed by atoms with E-state index in [-0.39, 0.29) is 6.42 Å². The predicted octanol–water partition coefficient (Wildman–Crippen LogP) is 0.293. The Morgan fingerprint density at radius 3 is 2.53 bits per heavy atom. The van der Waals surface area contributed by atoms with E-state index in [2.05, 4.69) is 20.7 Å². The minimum atomic E-state index is -4.18. The van der Waals surface area contributed by atoms with Crippen molar-refractivity contribution in [2.45, 2.75) is 25.1 Å². The lowest BCUT2D eigenvalue weighted by Crippen LogP contribution is -2.33. The maximum Gasteiger partial charge on any atom is 0.390 e. The summed E-state index contributed by atoms with van der Waals surface area (Å²) < 4.78 is 36.3. The molecule has 0 bridgehead atoms. The average Bonchev–Trinajstić information content (AvgIpc) is 2.47. The molecule has 1 aromatic heterocycles. The highest BCUT2D eigenvalue weighted by Gasteiger charge is 2.31. The largest absolute Gasteiger partial charge is 0.390 e. The molecule has 0 saturated heterocycles. The first-order valence-electron chi connectivity index (χ1n) is 4.37. The van der Waals surface area contributed by atoms with E-state index in [1.807, 2.05) is 0 Å². The van der Waals surface area contributed by atoms with Gasteiger partial charge >= 0.3 is 6.18 Å². The summed E-state index contributed by atoms with van der Waals surface area (Å²) in [6.45, 7) is 0. The van der Waals surface area contributed by atoms with Gasteiger partial charge < -0.3 is 5.32 Å². The Labute approximate surface area is 84.7 Å². The van der Waals surface area contributed by atoms with E-state index in [4.69, 9.17) is 0 Å². The third-order valence-corrected chi connectivity index (χ3v) is 1.86. The molecule has 0 amide bonds. The van der Waals surface area contributed by atoms with Gasteiger partial charge in [-0.2, -0.15) is 18.0 Å². The van der Waals surface area contributed by atoms with Gasteiger partial charge in [0.15, 0.2) is 5.82 Å². The number of tetrazole rings is 1. The summed E-state index contributed by atoms with van der Waals surface area (Å²) in [5.74, 6) is 0.307. The van der Waals surface area contributed by atoms with Gasteiger partial charge in [0.25, 0.3) is 0 Å². The fourth-order valence-corrected chi connectivity index (χ4v) is 1.18. The molecule has 0 spiro atoms. The standard InChI is InChI=1S/C7H12F3N5/c1-11-5(4-7(8,9)10)3-6-12-14-15(2)13-6/h5,11H,3-4H2,1-2H3. The van der Waals surface area contributed by atoms with Crippen LogP contribution in [0.1, 0.15) is 12.2 Å². The number of aryl methyl sites for hydroxylation is 1. The summed E-state index contributed by atoms with van der Waals surface area (Å²) in [5.41, 5.74) is 0. The fourth-order valence-electron chi connectivity index (χ4n) is 1.18. The number of halogens is 3. The van der Waals surface area contributed by atoms with Crippen molar-refractivity contribution < 1.29 is 13.2 Å². The molecule has 1 rings (SSSR count). The molecule has 0 aromatic carbocycles. The Kier molecular flexibility index (Phi) is 3.61. The Morgan fingerprint density at radius 2 is 2.13 bits per heavy atom. The second-order valence-corrected chi connectivity index (χ2v) is 3.20. The van der Waals surface area contributed by atoms with Crippen molar-refractivity contribution in [3.8, 4) is 0 Å². The number of aromatic nitrogens is 4. The number of nitrogens with zero attached hydrogens (tertiary/aromatic N) is 4. The van der Waals surface area contributed by atoms with Crippen LogP contribution in [0.25, 0.3) is 0 Å². The molecule has 1 atom stereocenters. The third kappa shape index (κ3) is 4.24. The quantitative estimate of drug-likeness (QED) is 0.797. The molecular weight excluding hydrogens is 211 g/mol. The number of alkyl halides is 3. The molecule has 0 radical (unpaired) electrons. The summed E-state index contributed by atoms with van der Waals surface area (Å²) in [5, 5.41) is 13.6. The monoisotopic (exact) mass is 223 g/mol. The van der Waals surface area contributed by atoms with Crippen molar-refractivity contribution in [2.75, 3.05) is 7.05 Å². The molecule has 0 saturated carbocycles. The Morgan fingerprint density at radius 1 is 1.47 bits per heavy atom. The fraction of sp³-hybridized carbons (Fsp3) is 0.857. The van der Waals surface area contributed by atoms with Crippen LogP contribution in [0.4, 0.5) is 13.2 Å². The van der Waals surface area contributed by atoms with Gasteiger partial charge in [0.2, 0.25) is 0 Å². The van der Waals surface area contributed by atoms with Crippen molar-refractivity contribution in [3.63, 3.8) is 0 Å². The van der Waals surface area contributed by atoms with Crippen LogP contribution < -0.4 is 5.32 Å². The highest BCUT2D eigenvalue weighted by atomic mass is 19.4. The SMILES string of the molecule is CNC(Cc1nnn(C)n1)CC(F)(F)F. The van der Waals surface area contributed by atoms with E-state index in [9.17, 15) is 13.2 Å². The van der Waals surface area contributed by atoms with E-state index >= 15 is 0 Å². The molecule has 86 valence electrons. The van der Waals surface area contributed by atoms with Crippen molar-refractivity contribution in [1.82, 2.24) is 25.5 Å². The first-order valence-corrected chi connectivity index (χ1v) is 4.37. The molecule has 15 heavy (non-hydrogen) atoms. The molecule has 1 aromatic rings. The van der Waals surface area contributed by atoms with Crippen LogP contribution in [-0.4, -0.2) is 39.5 Å². The lowest BCUT2D eigenvalue weighted by Gasteiger charge is -2.15. The molecule has 0 fully saturated rings. The van der Waals surface area contributed by atoms with Crippen LogP contribution in [-0.2, 0) is 13.5 Å². The zero-order valence-corrected chi connectivity index (χ0v) is 8.41. The average molecular weight is 223 g/mol. The van der Waals surface area contributed by atoms with Crippen molar-refractivity contribution in [3.05, 3.63) is 5.82 Å². The Balaban J connectivity index is 2.54. The number of rotatable bonds is 4.